The molecule has 2 atom stereocenters. The van der Waals surface area contributed by atoms with E-state index >= 15 is 0 Å². The molecule has 4 amide bonds. The lowest BCUT2D eigenvalue weighted by molar-refractivity contribution is -0.137. The highest BCUT2D eigenvalue weighted by Crippen LogP contribution is 2.31. The summed E-state index contributed by atoms with van der Waals surface area (Å²) in [6, 6.07) is 4.68. The summed E-state index contributed by atoms with van der Waals surface area (Å²) >= 11 is 0. The number of piperidine rings is 1. The van der Waals surface area contributed by atoms with Gasteiger partial charge in [-0.2, -0.15) is 0 Å². The molecule has 5 rings (SSSR count). The van der Waals surface area contributed by atoms with E-state index in [4.69, 9.17) is 0 Å². The second-order valence-electron chi connectivity index (χ2n) is 7.84. The van der Waals surface area contributed by atoms with Gasteiger partial charge in [0.1, 0.15) is 6.04 Å². The van der Waals surface area contributed by atoms with Crippen molar-refractivity contribution < 1.29 is 19.2 Å². The minimum Gasteiger partial charge on any atom is -0.356 e. The number of rotatable bonds is 4. The van der Waals surface area contributed by atoms with E-state index in [1.54, 1.807) is 23.0 Å². The monoisotopic (exact) mass is 408 g/mol. The molecule has 4 heterocycles. The molecule has 3 aliphatic heterocycles. The number of nitrogens with one attached hydrogen (secondary N) is 2. The molecule has 2 N–H and O–H groups in total. The number of amides is 4. The van der Waals surface area contributed by atoms with Gasteiger partial charge in [-0.15, -0.1) is 5.10 Å². The molecule has 1 aromatic carbocycles. The van der Waals surface area contributed by atoms with E-state index < -0.39 is 11.9 Å². The minimum absolute atomic E-state index is 0.0376. The number of aromatic nitrogens is 3. The molecule has 0 bridgehead atoms. The van der Waals surface area contributed by atoms with Gasteiger partial charge in [-0.25, -0.2) is 4.68 Å². The summed E-state index contributed by atoms with van der Waals surface area (Å²) in [6.07, 6.45) is 3.60. The van der Waals surface area contributed by atoms with Gasteiger partial charge in [-0.3, -0.25) is 24.5 Å². The Balaban J connectivity index is 1.40. The largest absolute Gasteiger partial charge is 0.356 e. The number of hydrogen-bond acceptors (Lipinski definition) is 6. The van der Waals surface area contributed by atoms with Crippen LogP contribution >= 0.6 is 0 Å². The van der Waals surface area contributed by atoms with Gasteiger partial charge in [-0.1, -0.05) is 11.3 Å². The van der Waals surface area contributed by atoms with Crippen LogP contribution < -0.4 is 10.6 Å². The molecule has 2 unspecified atom stereocenters. The molecule has 0 saturated carbocycles. The van der Waals surface area contributed by atoms with E-state index in [9.17, 15) is 19.2 Å². The van der Waals surface area contributed by atoms with Gasteiger partial charge in [-0.05, 0) is 25.0 Å². The van der Waals surface area contributed by atoms with Crippen LogP contribution in [0.2, 0.25) is 0 Å². The van der Waals surface area contributed by atoms with Crippen molar-refractivity contribution in [2.75, 3.05) is 6.54 Å². The van der Waals surface area contributed by atoms with Gasteiger partial charge in [0.25, 0.3) is 5.91 Å². The lowest BCUT2D eigenvalue weighted by atomic mass is 10.0. The fourth-order valence-electron chi connectivity index (χ4n) is 4.39. The number of benzene rings is 1. The normalized spacial score (nSPS) is 23.5. The van der Waals surface area contributed by atoms with Crippen LogP contribution in [0.5, 0.6) is 0 Å². The average molecular weight is 408 g/mol. The lowest BCUT2D eigenvalue weighted by Crippen LogP contribution is -2.52. The molecule has 0 spiro atoms. The maximum atomic E-state index is 12.9. The predicted molar refractivity (Wildman–Crippen MR) is 102 cm³/mol. The summed E-state index contributed by atoms with van der Waals surface area (Å²) in [4.78, 5) is 50.0. The third-order valence-corrected chi connectivity index (χ3v) is 5.96. The van der Waals surface area contributed by atoms with Crippen molar-refractivity contribution in [1.29, 1.82) is 0 Å². The lowest BCUT2D eigenvalue weighted by Gasteiger charge is -2.29. The quantitative estimate of drug-likeness (QED) is 0.670. The summed E-state index contributed by atoms with van der Waals surface area (Å²) in [5.41, 5.74) is 2.71. The molecule has 0 aliphatic carbocycles. The highest BCUT2D eigenvalue weighted by molar-refractivity contribution is 6.05. The number of imide groups is 1. The zero-order chi connectivity index (χ0) is 20.8. The van der Waals surface area contributed by atoms with Crippen LogP contribution in [-0.4, -0.2) is 56.1 Å². The first-order valence-electron chi connectivity index (χ1n) is 9.97. The Hall–Kier alpha value is -3.56. The van der Waals surface area contributed by atoms with Crippen LogP contribution in [0.25, 0.3) is 5.69 Å². The molecule has 30 heavy (non-hydrogen) atoms. The molecule has 3 aliphatic rings. The van der Waals surface area contributed by atoms with E-state index in [0.29, 0.717) is 36.3 Å². The topological polar surface area (TPSA) is 126 Å². The van der Waals surface area contributed by atoms with Crippen LogP contribution in [0.3, 0.4) is 0 Å². The molecule has 2 fully saturated rings. The third-order valence-electron chi connectivity index (χ3n) is 5.96. The molecule has 0 radical (unpaired) electrons. The molecule has 154 valence electrons. The number of hydrogen-bond donors (Lipinski definition) is 2. The Kier molecular flexibility index (Phi) is 4.34. The minimum atomic E-state index is -0.664. The number of carbonyl (C=O) groups excluding carboxylic acids is 4. The standard InChI is InChI=1S/C20H20N6O4/c27-17-5-4-16(19(29)22-17)25-10-14-13(20(25)30)2-1-3-15(14)26-9-12(23-24-26)8-11-6-7-21-18(11)28/h1-3,9,11,16H,4-8,10H2,(H,21,28)(H,22,27,29). The second-order valence-corrected chi connectivity index (χ2v) is 7.84. The van der Waals surface area contributed by atoms with Crippen LogP contribution in [0, 0.1) is 5.92 Å². The van der Waals surface area contributed by atoms with Crippen LogP contribution in [-0.2, 0) is 27.3 Å². The maximum Gasteiger partial charge on any atom is 0.255 e. The first-order valence-corrected chi connectivity index (χ1v) is 9.97. The Morgan fingerprint density at radius 2 is 1.97 bits per heavy atom. The second kappa shape index (κ2) is 7.05. The van der Waals surface area contributed by atoms with Gasteiger partial charge >= 0.3 is 0 Å². The molecule has 10 heteroatoms. The summed E-state index contributed by atoms with van der Waals surface area (Å²) in [7, 11) is 0. The fraction of sp³-hybridized carbons (Fsp3) is 0.400. The van der Waals surface area contributed by atoms with Crippen LogP contribution in [0.4, 0.5) is 0 Å². The predicted octanol–water partition coefficient (Wildman–Crippen LogP) is -0.293. The van der Waals surface area contributed by atoms with Crippen LogP contribution in [0.15, 0.2) is 24.4 Å². The van der Waals surface area contributed by atoms with Crippen molar-refractivity contribution in [3.8, 4) is 5.69 Å². The van der Waals surface area contributed by atoms with Gasteiger partial charge in [0.2, 0.25) is 17.7 Å². The van der Waals surface area contributed by atoms with E-state index in [0.717, 1.165) is 12.0 Å². The maximum absolute atomic E-state index is 12.9. The highest BCUT2D eigenvalue weighted by Gasteiger charge is 2.40. The van der Waals surface area contributed by atoms with E-state index in [1.165, 1.54) is 4.90 Å². The molecule has 2 saturated heterocycles. The summed E-state index contributed by atoms with van der Waals surface area (Å²) in [5, 5.41) is 13.5. The van der Waals surface area contributed by atoms with Crippen molar-refractivity contribution in [3.63, 3.8) is 0 Å². The summed E-state index contributed by atoms with van der Waals surface area (Å²) in [6.45, 7) is 0.943. The number of carbonyl (C=O) groups is 4. The van der Waals surface area contributed by atoms with E-state index in [1.807, 2.05) is 6.07 Å². The van der Waals surface area contributed by atoms with E-state index in [2.05, 4.69) is 20.9 Å². The smallest absolute Gasteiger partial charge is 0.255 e. The number of nitrogens with zero attached hydrogens (tertiary/aromatic N) is 4. The van der Waals surface area contributed by atoms with Crippen molar-refractivity contribution in [1.82, 2.24) is 30.5 Å². The van der Waals surface area contributed by atoms with Crippen LogP contribution in [0.1, 0.15) is 40.9 Å². The Morgan fingerprint density at radius 3 is 2.73 bits per heavy atom. The fourth-order valence-corrected chi connectivity index (χ4v) is 4.39. The Labute approximate surface area is 171 Å². The molecular weight excluding hydrogens is 388 g/mol. The third kappa shape index (κ3) is 3.04. The molecule has 10 nitrogen and oxygen atoms in total. The summed E-state index contributed by atoms with van der Waals surface area (Å²) in [5.74, 6) is -1.04. The van der Waals surface area contributed by atoms with Crippen molar-refractivity contribution in [2.45, 2.75) is 38.3 Å². The molecular formula is C20H20N6O4. The first-order chi connectivity index (χ1) is 14.5. The molecule has 2 aromatic rings. The van der Waals surface area contributed by atoms with Crippen molar-refractivity contribution >= 4 is 23.6 Å². The number of fused-ring (bicyclic) bond motifs is 1. The first kappa shape index (κ1) is 18.5. The van der Waals surface area contributed by atoms with Crippen molar-refractivity contribution in [3.05, 3.63) is 41.2 Å². The van der Waals surface area contributed by atoms with E-state index in [-0.39, 0.29) is 36.6 Å². The van der Waals surface area contributed by atoms with Gasteiger partial charge in [0.15, 0.2) is 0 Å². The summed E-state index contributed by atoms with van der Waals surface area (Å²) < 4.78 is 1.61. The van der Waals surface area contributed by atoms with Gasteiger partial charge in [0.05, 0.1) is 17.6 Å². The van der Waals surface area contributed by atoms with Gasteiger partial charge in [0, 0.05) is 43.0 Å². The highest BCUT2D eigenvalue weighted by atomic mass is 16.2. The zero-order valence-corrected chi connectivity index (χ0v) is 16.1. The van der Waals surface area contributed by atoms with Crippen molar-refractivity contribution in [2.24, 2.45) is 5.92 Å². The Bertz CT molecular complexity index is 1080. The zero-order valence-electron chi connectivity index (χ0n) is 16.1. The SMILES string of the molecule is O=C1CCC(N2Cc3c(cccc3-n3cc(CC4CCNC4=O)nn3)C2=O)C(=O)N1. The Morgan fingerprint density at radius 1 is 1.10 bits per heavy atom. The van der Waals surface area contributed by atoms with Gasteiger partial charge < -0.3 is 10.2 Å². The molecule has 1 aromatic heterocycles. The average Bonchev–Trinajstić information content (AvgIpc) is 3.43.